The van der Waals surface area contributed by atoms with Gasteiger partial charge in [0.15, 0.2) is 11.5 Å². The van der Waals surface area contributed by atoms with E-state index in [2.05, 4.69) is 16.0 Å². The monoisotopic (exact) mass is 382 g/mol. The normalized spacial score (nSPS) is 15.1. The predicted octanol–water partition coefficient (Wildman–Crippen LogP) is 1.18. The van der Waals surface area contributed by atoms with Crippen LogP contribution in [0.5, 0.6) is 0 Å². The van der Waals surface area contributed by atoms with E-state index in [4.69, 9.17) is 5.14 Å². The first-order valence-corrected chi connectivity index (χ1v) is 10.0. The van der Waals surface area contributed by atoms with Gasteiger partial charge in [-0.2, -0.15) is 5.26 Å². The fraction of sp³-hybridized carbons (Fsp3) is 0.222. The highest BCUT2D eigenvalue weighted by Crippen LogP contribution is 2.27. The van der Waals surface area contributed by atoms with E-state index in [1.807, 2.05) is 29.3 Å². The Morgan fingerprint density at radius 3 is 2.37 bits per heavy atom. The number of pyridine rings is 1. The number of piperazine rings is 1. The maximum absolute atomic E-state index is 11.9. The number of hydrogen-bond acceptors (Lipinski definition) is 6. The lowest BCUT2D eigenvalue weighted by atomic mass is 10.2. The topological polar surface area (TPSA) is 108 Å². The van der Waals surface area contributed by atoms with Crippen LogP contribution in [0.1, 0.15) is 5.69 Å². The van der Waals surface area contributed by atoms with Crippen LogP contribution in [0, 0.1) is 11.3 Å². The van der Waals surface area contributed by atoms with E-state index < -0.39 is 10.0 Å². The lowest BCUT2D eigenvalue weighted by Crippen LogP contribution is -2.47. The zero-order valence-electron chi connectivity index (χ0n) is 14.5. The minimum atomic E-state index is -3.79. The van der Waals surface area contributed by atoms with Crippen LogP contribution in [0.25, 0.3) is 5.65 Å². The van der Waals surface area contributed by atoms with Crippen molar-refractivity contribution in [3.63, 3.8) is 0 Å². The molecule has 0 aliphatic carbocycles. The standard InChI is InChI=1S/C18H18N6O2S/c19-13-15-18(21-17-7-3-4-8-24(15)17)23-11-9-22(10-12-23)14-5-1-2-6-16(14)27(20,25)26/h1-8H,9-12H2,(H2,20,25,26). The zero-order chi connectivity index (χ0) is 19.0. The van der Waals surface area contributed by atoms with E-state index in [0.717, 1.165) is 5.65 Å². The second kappa shape index (κ2) is 6.57. The molecule has 3 heterocycles. The molecule has 0 unspecified atom stereocenters. The average molecular weight is 382 g/mol. The third kappa shape index (κ3) is 3.09. The van der Waals surface area contributed by atoms with Crippen molar-refractivity contribution in [2.45, 2.75) is 4.90 Å². The predicted molar refractivity (Wildman–Crippen MR) is 102 cm³/mol. The van der Waals surface area contributed by atoms with Gasteiger partial charge in [-0.05, 0) is 24.3 Å². The molecule has 9 heteroatoms. The Hall–Kier alpha value is -3.09. The Balaban J connectivity index is 1.60. The number of aromatic nitrogens is 2. The van der Waals surface area contributed by atoms with E-state index in [1.165, 1.54) is 6.07 Å². The van der Waals surface area contributed by atoms with Crippen LogP contribution in [-0.4, -0.2) is 44.0 Å². The molecule has 2 N–H and O–H groups in total. The van der Waals surface area contributed by atoms with Crippen molar-refractivity contribution in [2.75, 3.05) is 36.0 Å². The summed E-state index contributed by atoms with van der Waals surface area (Å²) < 4.78 is 25.5. The summed E-state index contributed by atoms with van der Waals surface area (Å²) >= 11 is 0. The number of primary sulfonamides is 1. The van der Waals surface area contributed by atoms with Gasteiger partial charge in [-0.15, -0.1) is 0 Å². The summed E-state index contributed by atoms with van der Waals surface area (Å²) in [5.41, 5.74) is 1.84. The van der Waals surface area contributed by atoms with E-state index in [9.17, 15) is 13.7 Å². The van der Waals surface area contributed by atoms with Gasteiger partial charge in [-0.1, -0.05) is 18.2 Å². The number of anilines is 2. The van der Waals surface area contributed by atoms with Crippen LogP contribution in [0.15, 0.2) is 53.6 Å². The smallest absolute Gasteiger partial charge is 0.240 e. The molecule has 138 valence electrons. The summed E-state index contributed by atoms with van der Waals surface area (Å²) in [4.78, 5) is 8.78. The van der Waals surface area contributed by atoms with Gasteiger partial charge < -0.3 is 9.80 Å². The third-order valence-corrected chi connectivity index (χ3v) is 5.67. The zero-order valence-corrected chi connectivity index (χ0v) is 15.3. The van der Waals surface area contributed by atoms with Gasteiger partial charge >= 0.3 is 0 Å². The summed E-state index contributed by atoms with van der Waals surface area (Å²) in [5.74, 6) is 0.656. The second-order valence-corrected chi connectivity index (χ2v) is 7.84. The number of hydrogen-bond donors (Lipinski definition) is 1. The minimum Gasteiger partial charge on any atom is -0.367 e. The minimum absolute atomic E-state index is 0.129. The Bertz CT molecular complexity index is 1140. The van der Waals surface area contributed by atoms with Crippen molar-refractivity contribution in [2.24, 2.45) is 5.14 Å². The molecule has 0 spiro atoms. The molecule has 4 rings (SSSR count). The summed E-state index contributed by atoms with van der Waals surface area (Å²) in [6, 6.07) is 14.6. The number of nitrogens with two attached hydrogens (primary N) is 1. The van der Waals surface area contributed by atoms with E-state index >= 15 is 0 Å². The fourth-order valence-corrected chi connectivity index (χ4v) is 4.18. The number of rotatable bonds is 3. The molecule has 3 aromatic rings. The van der Waals surface area contributed by atoms with Crippen LogP contribution >= 0.6 is 0 Å². The highest BCUT2D eigenvalue weighted by molar-refractivity contribution is 7.89. The molecule has 1 saturated heterocycles. The molecule has 1 aromatic carbocycles. The third-order valence-electron chi connectivity index (χ3n) is 4.71. The molecule has 1 aliphatic heterocycles. The van der Waals surface area contributed by atoms with Crippen molar-refractivity contribution in [1.82, 2.24) is 9.38 Å². The number of nitrogens with zero attached hydrogens (tertiary/aromatic N) is 5. The Labute approximate surface area is 157 Å². The molecule has 2 aromatic heterocycles. The second-order valence-electron chi connectivity index (χ2n) is 6.31. The van der Waals surface area contributed by atoms with Gasteiger partial charge in [0, 0.05) is 32.4 Å². The summed E-state index contributed by atoms with van der Waals surface area (Å²) in [6.07, 6.45) is 1.82. The van der Waals surface area contributed by atoms with Gasteiger partial charge in [0.1, 0.15) is 16.6 Å². The molecule has 27 heavy (non-hydrogen) atoms. The summed E-state index contributed by atoms with van der Waals surface area (Å²) in [6.45, 7) is 2.45. The van der Waals surface area contributed by atoms with Gasteiger partial charge in [0.25, 0.3) is 0 Å². The number of imidazole rings is 1. The average Bonchev–Trinajstić information content (AvgIpc) is 3.06. The molecule has 0 amide bonds. The van der Waals surface area contributed by atoms with Crippen LogP contribution < -0.4 is 14.9 Å². The molecular weight excluding hydrogens is 364 g/mol. The summed E-state index contributed by atoms with van der Waals surface area (Å²) in [7, 11) is -3.79. The number of fused-ring (bicyclic) bond motifs is 1. The molecular formula is C18H18N6O2S. The number of nitriles is 1. The first-order valence-electron chi connectivity index (χ1n) is 8.48. The Kier molecular flexibility index (Phi) is 4.22. The van der Waals surface area contributed by atoms with Crippen LogP contribution in [-0.2, 0) is 10.0 Å². The highest BCUT2D eigenvalue weighted by atomic mass is 32.2. The first kappa shape index (κ1) is 17.3. The quantitative estimate of drug-likeness (QED) is 0.729. The Morgan fingerprint density at radius 2 is 1.67 bits per heavy atom. The van der Waals surface area contributed by atoms with Crippen LogP contribution in [0.2, 0.25) is 0 Å². The van der Waals surface area contributed by atoms with Crippen molar-refractivity contribution >= 4 is 27.2 Å². The lowest BCUT2D eigenvalue weighted by Gasteiger charge is -2.37. The van der Waals surface area contributed by atoms with Gasteiger partial charge in [-0.3, -0.25) is 4.40 Å². The van der Waals surface area contributed by atoms with Crippen LogP contribution in [0.4, 0.5) is 11.5 Å². The van der Waals surface area contributed by atoms with Crippen molar-refractivity contribution in [1.29, 1.82) is 5.26 Å². The van der Waals surface area contributed by atoms with E-state index in [0.29, 0.717) is 43.4 Å². The molecule has 0 radical (unpaired) electrons. The molecule has 1 fully saturated rings. The first-order chi connectivity index (χ1) is 13.0. The number of sulfonamides is 1. The van der Waals surface area contributed by atoms with Gasteiger partial charge in [0.2, 0.25) is 10.0 Å². The van der Waals surface area contributed by atoms with Crippen LogP contribution in [0.3, 0.4) is 0 Å². The van der Waals surface area contributed by atoms with Crippen molar-refractivity contribution in [3.8, 4) is 6.07 Å². The summed E-state index contributed by atoms with van der Waals surface area (Å²) in [5, 5.41) is 14.9. The molecule has 1 aliphatic rings. The molecule has 8 nitrogen and oxygen atoms in total. The largest absolute Gasteiger partial charge is 0.367 e. The lowest BCUT2D eigenvalue weighted by molar-refractivity contribution is 0.595. The molecule has 0 bridgehead atoms. The fourth-order valence-electron chi connectivity index (χ4n) is 3.43. The maximum atomic E-state index is 11.9. The molecule has 0 atom stereocenters. The maximum Gasteiger partial charge on any atom is 0.240 e. The van der Waals surface area contributed by atoms with E-state index in [-0.39, 0.29) is 4.90 Å². The van der Waals surface area contributed by atoms with E-state index in [1.54, 1.807) is 22.6 Å². The number of benzene rings is 1. The SMILES string of the molecule is N#Cc1c(N2CCN(c3ccccc3S(N)(=O)=O)CC2)nc2ccccn12. The highest BCUT2D eigenvalue weighted by Gasteiger charge is 2.25. The van der Waals surface area contributed by atoms with Crippen molar-refractivity contribution in [3.05, 3.63) is 54.4 Å². The molecule has 0 saturated carbocycles. The number of para-hydroxylation sites is 1. The van der Waals surface area contributed by atoms with Gasteiger partial charge in [0.05, 0.1) is 5.69 Å². The Morgan fingerprint density at radius 1 is 1.00 bits per heavy atom. The van der Waals surface area contributed by atoms with Gasteiger partial charge in [-0.25, -0.2) is 18.5 Å². The van der Waals surface area contributed by atoms with Crippen molar-refractivity contribution < 1.29 is 8.42 Å².